The Balaban J connectivity index is 0.000000879. The highest BCUT2D eigenvalue weighted by Crippen LogP contribution is 2.13. The Morgan fingerprint density at radius 1 is 0.781 bits per heavy atom. The number of quaternary nitrogens is 1. The van der Waals surface area contributed by atoms with Crippen LogP contribution in [0.5, 0.6) is 0 Å². The zero-order chi connectivity index (χ0) is 24.1. The molecule has 1 aliphatic heterocycles. The molecule has 0 radical (unpaired) electrons. The second-order valence-electron chi connectivity index (χ2n) is 9.81. The van der Waals surface area contributed by atoms with E-state index in [-0.39, 0.29) is 0 Å². The molecule has 0 spiro atoms. The quantitative estimate of drug-likeness (QED) is 0.215. The number of carboxylic acids is 1. The first kappa shape index (κ1) is 30.7. The largest absolute Gasteiger partial charge is 0.544 e. The van der Waals surface area contributed by atoms with E-state index < -0.39 is 11.8 Å². The van der Waals surface area contributed by atoms with Crippen LogP contribution in [0.15, 0.2) is 15.2 Å². The fraction of sp³-hybridized carbons (Fsp3) is 0.920. The topological polar surface area (TPSA) is 103 Å². The Hall–Kier alpha value is -1.34. The first-order chi connectivity index (χ1) is 15.3. The van der Waals surface area contributed by atoms with Crippen molar-refractivity contribution in [1.82, 2.24) is 0 Å². The van der Waals surface area contributed by atoms with Crippen LogP contribution in [0.3, 0.4) is 0 Å². The van der Waals surface area contributed by atoms with Gasteiger partial charge in [0.25, 0.3) is 5.79 Å². The molecule has 188 valence electrons. The van der Waals surface area contributed by atoms with Crippen molar-refractivity contribution in [1.29, 1.82) is 0 Å². The van der Waals surface area contributed by atoms with Crippen molar-refractivity contribution < 1.29 is 14.4 Å². The number of aliphatic imine (C=N–C) groups is 1. The van der Waals surface area contributed by atoms with Gasteiger partial charge in [0.2, 0.25) is 0 Å². The number of hydrogen-bond acceptors (Lipinski definition) is 6. The van der Waals surface area contributed by atoms with Crippen LogP contribution in [-0.4, -0.2) is 49.8 Å². The molecule has 0 amide bonds. The number of azo groups is 1. The Labute approximate surface area is 197 Å². The summed E-state index contributed by atoms with van der Waals surface area (Å²) in [5.41, 5.74) is 4.98. The second-order valence-corrected chi connectivity index (χ2v) is 9.81. The van der Waals surface area contributed by atoms with E-state index in [0.29, 0.717) is 0 Å². The number of unbranched alkanes of at least 4 members (excludes halogenated alkanes) is 14. The van der Waals surface area contributed by atoms with Gasteiger partial charge in [0.15, 0.2) is 0 Å². The monoisotopic (exact) mass is 453 g/mol. The SMILES string of the molecule is CCCCCCCCCC[N+](C)(C)CCCCCCCCCC.NC1(C(=O)[O-])N=CN=N1. The third-order valence-corrected chi connectivity index (χ3v) is 6.05. The van der Waals surface area contributed by atoms with Gasteiger partial charge < -0.3 is 14.4 Å². The summed E-state index contributed by atoms with van der Waals surface area (Å²) in [6, 6.07) is 0. The summed E-state index contributed by atoms with van der Waals surface area (Å²) < 4.78 is 1.24. The molecule has 32 heavy (non-hydrogen) atoms. The van der Waals surface area contributed by atoms with Crippen LogP contribution in [0.25, 0.3) is 0 Å². The molecule has 0 aromatic carbocycles. The van der Waals surface area contributed by atoms with Gasteiger partial charge in [0.1, 0.15) is 12.3 Å². The summed E-state index contributed by atoms with van der Waals surface area (Å²) in [4.78, 5) is 13.2. The van der Waals surface area contributed by atoms with Crippen molar-refractivity contribution in [3.63, 3.8) is 0 Å². The molecular formula is C25H51N5O2. The third kappa shape index (κ3) is 17.2. The molecule has 0 saturated carbocycles. The minimum Gasteiger partial charge on any atom is -0.544 e. The average molecular weight is 454 g/mol. The van der Waals surface area contributed by atoms with E-state index in [1.54, 1.807) is 0 Å². The summed E-state index contributed by atoms with van der Waals surface area (Å²) in [6.07, 6.45) is 24.0. The predicted molar refractivity (Wildman–Crippen MR) is 132 cm³/mol. The smallest absolute Gasteiger partial charge is 0.264 e. The molecule has 1 unspecified atom stereocenters. The molecule has 0 saturated heterocycles. The van der Waals surface area contributed by atoms with E-state index in [1.807, 2.05) is 0 Å². The Morgan fingerprint density at radius 3 is 1.44 bits per heavy atom. The lowest BCUT2D eigenvalue weighted by Gasteiger charge is -2.30. The van der Waals surface area contributed by atoms with Gasteiger partial charge in [0, 0.05) is 0 Å². The van der Waals surface area contributed by atoms with Crippen molar-refractivity contribution in [3.05, 3.63) is 0 Å². The number of hydrogen-bond donors (Lipinski definition) is 1. The van der Waals surface area contributed by atoms with Crippen LogP contribution >= 0.6 is 0 Å². The number of nitrogens with zero attached hydrogens (tertiary/aromatic N) is 4. The highest BCUT2D eigenvalue weighted by atomic mass is 16.4. The number of carbonyl (C=O) groups excluding carboxylic acids is 1. The molecule has 1 heterocycles. The van der Waals surface area contributed by atoms with Crippen molar-refractivity contribution in [3.8, 4) is 0 Å². The number of aliphatic carboxylic acids is 1. The van der Waals surface area contributed by atoms with Gasteiger partial charge in [-0.1, -0.05) is 90.9 Å². The third-order valence-electron chi connectivity index (χ3n) is 6.05. The van der Waals surface area contributed by atoms with E-state index >= 15 is 0 Å². The Kier molecular flexibility index (Phi) is 18.4. The molecule has 0 aliphatic carbocycles. The number of carboxylic acid groups (broad SMARTS) is 1. The minimum atomic E-state index is -1.97. The molecule has 0 bridgehead atoms. The van der Waals surface area contributed by atoms with Crippen molar-refractivity contribution in [2.24, 2.45) is 21.0 Å². The summed E-state index contributed by atoms with van der Waals surface area (Å²) in [6.45, 7) is 7.36. The molecule has 1 aliphatic rings. The van der Waals surface area contributed by atoms with E-state index in [2.05, 4.69) is 43.2 Å². The van der Waals surface area contributed by atoms with Gasteiger partial charge in [0.05, 0.1) is 27.2 Å². The maximum absolute atomic E-state index is 10.0. The van der Waals surface area contributed by atoms with Gasteiger partial charge in [-0.2, -0.15) is 0 Å². The number of rotatable bonds is 19. The second kappa shape index (κ2) is 19.2. The molecule has 0 fully saturated rings. The van der Waals surface area contributed by atoms with Gasteiger partial charge in [-0.15, -0.1) is 10.2 Å². The lowest BCUT2D eigenvalue weighted by molar-refractivity contribution is -0.890. The zero-order valence-electron chi connectivity index (χ0n) is 21.5. The molecule has 1 atom stereocenters. The van der Waals surface area contributed by atoms with E-state index in [4.69, 9.17) is 5.73 Å². The molecule has 2 N–H and O–H groups in total. The Bertz CT molecular complexity index is 486. The van der Waals surface area contributed by atoms with Crippen LogP contribution in [0.4, 0.5) is 0 Å². The van der Waals surface area contributed by atoms with E-state index in [1.165, 1.54) is 120 Å². The van der Waals surface area contributed by atoms with Crippen molar-refractivity contribution >= 4 is 12.3 Å². The van der Waals surface area contributed by atoms with Gasteiger partial charge in [-0.25, -0.2) is 4.99 Å². The van der Waals surface area contributed by atoms with Crippen molar-refractivity contribution in [2.75, 3.05) is 27.2 Å². The predicted octanol–water partition coefficient (Wildman–Crippen LogP) is 5.19. The van der Waals surface area contributed by atoms with Crippen LogP contribution in [0.1, 0.15) is 117 Å². The highest BCUT2D eigenvalue weighted by molar-refractivity contribution is 5.79. The fourth-order valence-electron chi connectivity index (χ4n) is 3.81. The van der Waals surface area contributed by atoms with Crippen LogP contribution in [-0.2, 0) is 4.79 Å². The van der Waals surface area contributed by atoms with Crippen LogP contribution in [0, 0.1) is 0 Å². The number of nitrogens with two attached hydrogens (primary N) is 1. The summed E-state index contributed by atoms with van der Waals surface area (Å²) in [5, 5.41) is 16.3. The summed E-state index contributed by atoms with van der Waals surface area (Å²) in [7, 11) is 4.87. The van der Waals surface area contributed by atoms with Crippen molar-refractivity contribution in [2.45, 2.75) is 122 Å². The Morgan fingerprint density at radius 2 is 1.16 bits per heavy atom. The first-order valence-corrected chi connectivity index (χ1v) is 13.1. The van der Waals surface area contributed by atoms with Crippen LogP contribution in [0.2, 0.25) is 0 Å². The minimum absolute atomic E-state index is 0.968. The first-order valence-electron chi connectivity index (χ1n) is 13.1. The van der Waals surface area contributed by atoms with Gasteiger partial charge >= 0.3 is 0 Å². The molecule has 1 rings (SSSR count). The van der Waals surface area contributed by atoms with E-state index in [9.17, 15) is 9.90 Å². The van der Waals surface area contributed by atoms with Gasteiger partial charge in [-0.05, 0) is 25.7 Å². The average Bonchev–Trinajstić information content (AvgIpc) is 3.20. The maximum Gasteiger partial charge on any atom is 0.264 e. The van der Waals surface area contributed by atoms with Gasteiger partial charge in [-0.3, -0.25) is 5.73 Å². The standard InChI is InChI=1S/C22H48N.C3H4N4O2/c1-5-7-9-11-13-15-17-19-21-23(3,4)22-20-18-16-14-12-10-8-6-2;4-3(2(8)9)5-1-6-7-3/h5-22H2,1-4H3;1H,4H2,(H,8,9)/q+1;/p-1. The molecule has 0 aromatic heterocycles. The van der Waals surface area contributed by atoms with E-state index in [0.717, 1.165) is 6.34 Å². The maximum atomic E-state index is 10.0. The zero-order valence-corrected chi connectivity index (χ0v) is 21.5. The number of carbonyl (C=O) groups is 1. The molecule has 0 aromatic rings. The molecule has 7 heteroatoms. The highest BCUT2D eigenvalue weighted by Gasteiger charge is 2.26. The summed E-state index contributed by atoms with van der Waals surface area (Å²) in [5.74, 6) is -3.53. The molecule has 7 nitrogen and oxygen atoms in total. The lowest BCUT2D eigenvalue weighted by Crippen LogP contribution is -2.51. The van der Waals surface area contributed by atoms with Crippen LogP contribution < -0.4 is 10.8 Å². The molecular weight excluding hydrogens is 402 g/mol. The fourth-order valence-corrected chi connectivity index (χ4v) is 3.81. The summed E-state index contributed by atoms with van der Waals surface area (Å²) >= 11 is 0. The normalized spacial score (nSPS) is 17.4. The lowest BCUT2D eigenvalue weighted by atomic mass is 10.1.